The molecule has 108 valence electrons. The zero-order valence-corrected chi connectivity index (χ0v) is 11.2. The van der Waals surface area contributed by atoms with Gasteiger partial charge >= 0.3 is 0 Å². The first-order valence-corrected chi connectivity index (χ1v) is 7.13. The van der Waals surface area contributed by atoms with E-state index >= 15 is 0 Å². The number of likely N-dealkylation sites (tertiary alicyclic amines) is 1. The minimum Gasteiger partial charge on any atom is -0.398 e. The van der Waals surface area contributed by atoms with Crippen LogP contribution < -0.4 is 5.73 Å². The largest absolute Gasteiger partial charge is 0.398 e. The van der Waals surface area contributed by atoms with Gasteiger partial charge in [0.2, 0.25) is 0 Å². The van der Waals surface area contributed by atoms with Gasteiger partial charge in [-0.05, 0) is 37.7 Å². The fourth-order valence-electron chi connectivity index (χ4n) is 3.61. The van der Waals surface area contributed by atoms with Crippen LogP contribution in [0.4, 0.5) is 14.5 Å². The molecular weight excluding hydrogens is 262 g/mol. The highest BCUT2D eigenvalue weighted by Crippen LogP contribution is 2.37. The lowest BCUT2D eigenvalue weighted by Gasteiger charge is -2.38. The summed E-state index contributed by atoms with van der Waals surface area (Å²) in [6, 6.07) is 2.05. The zero-order valence-electron chi connectivity index (χ0n) is 11.2. The number of halogens is 2. The molecule has 3 nitrogen and oxygen atoms in total. The van der Waals surface area contributed by atoms with E-state index in [1.165, 1.54) is 0 Å². The molecule has 1 aliphatic carbocycles. The van der Waals surface area contributed by atoms with E-state index in [1.54, 1.807) is 0 Å². The highest BCUT2D eigenvalue weighted by atomic mass is 19.2. The van der Waals surface area contributed by atoms with Gasteiger partial charge in [-0.1, -0.05) is 6.42 Å². The molecular formula is C15H18F2N2O. The second-order valence-electron chi connectivity index (χ2n) is 5.75. The fraction of sp³-hybridized carbons (Fsp3) is 0.533. The van der Waals surface area contributed by atoms with Crippen LogP contribution in [0.5, 0.6) is 0 Å². The number of anilines is 1. The van der Waals surface area contributed by atoms with Crippen LogP contribution in [-0.2, 0) is 0 Å². The van der Waals surface area contributed by atoms with Crippen molar-refractivity contribution in [3.63, 3.8) is 0 Å². The van der Waals surface area contributed by atoms with E-state index < -0.39 is 11.6 Å². The van der Waals surface area contributed by atoms with E-state index in [2.05, 4.69) is 0 Å². The van der Waals surface area contributed by atoms with Crippen LogP contribution >= 0.6 is 0 Å². The number of benzene rings is 1. The smallest absolute Gasteiger partial charge is 0.256 e. The van der Waals surface area contributed by atoms with E-state index in [9.17, 15) is 13.6 Å². The Labute approximate surface area is 116 Å². The SMILES string of the molecule is Nc1cc(F)c(F)cc1C(=O)N1CCCC2CCCC21. The number of hydrogen-bond acceptors (Lipinski definition) is 2. The number of carbonyl (C=O) groups is 1. The molecule has 1 saturated heterocycles. The van der Waals surface area contributed by atoms with Crippen molar-refractivity contribution in [3.05, 3.63) is 29.3 Å². The topological polar surface area (TPSA) is 46.3 Å². The van der Waals surface area contributed by atoms with Crippen LogP contribution in [0.25, 0.3) is 0 Å². The van der Waals surface area contributed by atoms with Gasteiger partial charge in [-0.15, -0.1) is 0 Å². The third-order valence-electron chi connectivity index (χ3n) is 4.58. The molecule has 1 aliphatic heterocycles. The average Bonchev–Trinajstić information content (AvgIpc) is 2.90. The summed E-state index contributed by atoms with van der Waals surface area (Å²) >= 11 is 0. The van der Waals surface area contributed by atoms with Crippen LogP contribution in [-0.4, -0.2) is 23.4 Å². The Kier molecular flexibility index (Phi) is 3.36. The summed E-state index contributed by atoms with van der Waals surface area (Å²) in [5.41, 5.74) is 5.77. The van der Waals surface area contributed by atoms with Gasteiger partial charge in [-0.3, -0.25) is 4.79 Å². The average molecular weight is 280 g/mol. The standard InChI is InChI=1S/C15H18F2N2O/c16-11-7-10(13(18)8-12(11)17)15(20)19-6-2-4-9-3-1-5-14(9)19/h7-9,14H,1-6,18H2. The fourth-order valence-corrected chi connectivity index (χ4v) is 3.61. The van der Waals surface area contributed by atoms with Crippen molar-refractivity contribution in [2.75, 3.05) is 12.3 Å². The molecule has 2 fully saturated rings. The molecule has 0 spiro atoms. The highest BCUT2D eigenvalue weighted by Gasteiger charge is 2.38. The first-order chi connectivity index (χ1) is 9.58. The van der Waals surface area contributed by atoms with Crippen molar-refractivity contribution in [1.29, 1.82) is 0 Å². The van der Waals surface area contributed by atoms with Crippen LogP contribution in [0.15, 0.2) is 12.1 Å². The number of carbonyl (C=O) groups excluding carboxylic acids is 1. The first-order valence-electron chi connectivity index (χ1n) is 7.13. The molecule has 0 radical (unpaired) electrons. The Morgan fingerprint density at radius 3 is 2.65 bits per heavy atom. The van der Waals surface area contributed by atoms with Crippen LogP contribution in [0.2, 0.25) is 0 Å². The Bertz CT molecular complexity index is 547. The summed E-state index contributed by atoms with van der Waals surface area (Å²) in [6.45, 7) is 0.679. The molecule has 1 heterocycles. The minimum atomic E-state index is -1.03. The lowest BCUT2D eigenvalue weighted by Crippen LogP contribution is -2.46. The Balaban J connectivity index is 1.90. The maximum atomic E-state index is 13.4. The number of nitrogens with zero attached hydrogens (tertiary/aromatic N) is 1. The molecule has 1 aromatic rings. The van der Waals surface area contributed by atoms with Gasteiger partial charge < -0.3 is 10.6 Å². The number of fused-ring (bicyclic) bond motifs is 1. The van der Waals surface area contributed by atoms with E-state index in [1.807, 2.05) is 4.90 Å². The van der Waals surface area contributed by atoms with Gasteiger partial charge in [-0.2, -0.15) is 0 Å². The molecule has 2 aliphatic rings. The Hall–Kier alpha value is -1.65. The van der Waals surface area contributed by atoms with Gasteiger partial charge in [0, 0.05) is 24.3 Å². The predicted molar refractivity (Wildman–Crippen MR) is 72.2 cm³/mol. The minimum absolute atomic E-state index is 0.00835. The maximum Gasteiger partial charge on any atom is 0.256 e. The molecule has 0 aromatic heterocycles. The van der Waals surface area contributed by atoms with Gasteiger partial charge in [0.25, 0.3) is 5.91 Å². The Morgan fingerprint density at radius 1 is 1.15 bits per heavy atom. The van der Waals surface area contributed by atoms with E-state index in [0.717, 1.165) is 44.2 Å². The quantitative estimate of drug-likeness (QED) is 0.804. The van der Waals surface area contributed by atoms with Crippen LogP contribution in [0.1, 0.15) is 42.5 Å². The van der Waals surface area contributed by atoms with Gasteiger partial charge in [0.1, 0.15) is 0 Å². The van der Waals surface area contributed by atoms with E-state index in [4.69, 9.17) is 5.73 Å². The van der Waals surface area contributed by atoms with Gasteiger partial charge in [-0.25, -0.2) is 8.78 Å². The van der Waals surface area contributed by atoms with Crippen molar-refractivity contribution in [3.8, 4) is 0 Å². The second-order valence-corrected chi connectivity index (χ2v) is 5.75. The summed E-state index contributed by atoms with van der Waals surface area (Å²) in [5, 5.41) is 0. The van der Waals surface area contributed by atoms with Crippen molar-refractivity contribution in [1.82, 2.24) is 4.90 Å². The molecule has 20 heavy (non-hydrogen) atoms. The van der Waals surface area contributed by atoms with Crippen molar-refractivity contribution >= 4 is 11.6 Å². The summed E-state index contributed by atoms with van der Waals surface area (Å²) in [4.78, 5) is 14.4. The van der Waals surface area contributed by atoms with Gasteiger partial charge in [0.05, 0.1) is 5.56 Å². The van der Waals surface area contributed by atoms with Crippen LogP contribution in [0, 0.1) is 17.6 Å². The summed E-state index contributed by atoms with van der Waals surface area (Å²) in [7, 11) is 0. The van der Waals surface area contributed by atoms with Crippen molar-refractivity contribution in [2.24, 2.45) is 5.92 Å². The van der Waals surface area contributed by atoms with E-state index in [-0.39, 0.29) is 23.2 Å². The number of nitrogens with two attached hydrogens (primary N) is 1. The summed E-state index contributed by atoms with van der Waals surface area (Å²) < 4.78 is 26.5. The number of rotatable bonds is 1. The monoisotopic (exact) mass is 280 g/mol. The summed E-state index contributed by atoms with van der Waals surface area (Å²) in [6.07, 6.45) is 5.41. The first kappa shape index (κ1) is 13.3. The molecule has 5 heteroatoms. The highest BCUT2D eigenvalue weighted by molar-refractivity contribution is 5.99. The number of amides is 1. The number of hydrogen-bond donors (Lipinski definition) is 1. The number of nitrogen functional groups attached to an aromatic ring is 1. The van der Waals surface area contributed by atoms with Crippen molar-refractivity contribution in [2.45, 2.75) is 38.1 Å². The zero-order chi connectivity index (χ0) is 14.3. The predicted octanol–water partition coefficient (Wildman–Crippen LogP) is 2.95. The molecule has 1 saturated carbocycles. The molecule has 2 unspecified atom stereocenters. The molecule has 0 bridgehead atoms. The lowest BCUT2D eigenvalue weighted by atomic mass is 9.91. The molecule has 1 aromatic carbocycles. The lowest BCUT2D eigenvalue weighted by molar-refractivity contribution is 0.0549. The second kappa shape index (κ2) is 5.04. The Morgan fingerprint density at radius 2 is 1.85 bits per heavy atom. The molecule has 3 rings (SSSR count). The number of piperidine rings is 1. The normalized spacial score (nSPS) is 25.6. The third kappa shape index (κ3) is 2.15. The van der Waals surface area contributed by atoms with Crippen molar-refractivity contribution < 1.29 is 13.6 Å². The van der Waals surface area contributed by atoms with Crippen LogP contribution in [0.3, 0.4) is 0 Å². The molecule has 2 N–H and O–H groups in total. The van der Waals surface area contributed by atoms with Gasteiger partial charge in [0.15, 0.2) is 11.6 Å². The maximum absolute atomic E-state index is 13.4. The third-order valence-corrected chi connectivity index (χ3v) is 4.58. The molecule has 2 atom stereocenters. The summed E-state index contributed by atoms with van der Waals surface area (Å²) in [5.74, 6) is -1.75. The van der Waals surface area contributed by atoms with E-state index in [0.29, 0.717) is 12.5 Å². The molecule has 1 amide bonds.